The number of nitro groups is 1. The van der Waals surface area contributed by atoms with Gasteiger partial charge in [-0.05, 0) is 24.5 Å². The number of rotatable bonds is 9. The van der Waals surface area contributed by atoms with E-state index in [4.69, 9.17) is 18.6 Å². The first kappa shape index (κ1) is 20.9. The third-order valence-corrected chi connectivity index (χ3v) is 3.76. The predicted octanol–water partition coefficient (Wildman–Crippen LogP) is 3.34. The summed E-state index contributed by atoms with van der Waals surface area (Å²) in [6.45, 7) is 4.18. The van der Waals surface area contributed by atoms with Gasteiger partial charge in [-0.3, -0.25) is 14.9 Å². The van der Waals surface area contributed by atoms with Gasteiger partial charge in [0.25, 0.3) is 0 Å². The van der Waals surface area contributed by atoms with Crippen LogP contribution in [0, 0.1) is 16.0 Å². The van der Waals surface area contributed by atoms with E-state index in [1.54, 1.807) is 0 Å². The van der Waals surface area contributed by atoms with Crippen molar-refractivity contribution in [2.24, 2.45) is 5.92 Å². The Hall–Kier alpha value is -3.36. The Labute approximate surface area is 161 Å². The van der Waals surface area contributed by atoms with Crippen LogP contribution < -0.4 is 14.9 Å². The van der Waals surface area contributed by atoms with Crippen molar-refractivity contribution in [2.75, 3.05) is 13.7 Å². The Morgan fingerprint density at radius 3 is 2.61 bits per heavy atom. The highest BCUT2D eigenvalue weighted by Crippen LogP contribution is 2.27. The van der Waals surface area contributed by atoms with Gasteiger partial charge in [0.15, 0.2) is 5.75 Å². The minimum Gasteiger partial charge on any atom is -0.490 e. The molecule has 1 aromatic carbocycles. The smallest absolute Gasteiger partial charge is 0.338 e. The van der Waals surface area contributed by atoms with E-state index in [0.717, 1.165) is 12.5 Å². The predicted molar refractivity (Wildman–Crippen MR) is 98.7 cm³/mol. The van der Waals surface area contributed by atoms with Crippen molar-refractivity contribution in [3.05, 3.63) is 62.2 Å². The number of methoxy groups -OCH3 is 1. The molecule has 0 saturated heterocycles. The van der Waals surface area contributed by atoms with Gasteiger partial charge in [0.05, 0.1) is 24.2 Å². The average molecular weight is 391 g/mol. The van der Waals surface area contributed by atoms with Crippen LogP contribution in [-0.4, -0.2) is 24.6 Å². The first-order valence-corrected chi connectivity index (χ1v) is 8.56. The maximum Gasteiger partial charge on any atom is 0.338 e. The molecule has 0 aliphatic heterocycles. The summed E-state index contributed by atoms with van der Waals surface area (Å²) < 4.78 is 20.6. The van der Waals surface area contributed by atoms with Gasteiger partial charge in [-0.15, -0.1) is 0 Å². The Bertz CT molecular complexity index is 903. The molecule has 0 atom stereocenters. The lowest BCUT2D eigenvalue weighted by Crippen LogP contribution is -2.11. The average Bonchev–Trinajstić information content (AvgIpc) is 2.66. The van der Waals surface area contributed by atoms with Crippen LogP contribution in [0.1, 0.15) is 36.4 Å². The molecule has 0 amide bonds. The fraction of sp³-hybridized carbons (Fsp3) is 0.368. The zero-order valence-electron chi connectivity index (χ0n) is 15.8. The quantitative estimate of drug-likeness (QED) is 0.363. The van der Waals surface area contributed by atoms with E-state index in [-0.39, 0.29) is 40.5 Å². The topological polar surface area (TPSA) is 118 Å². The number of hydrogen-bond donors (Lipinski definition) is 0. The molecule has 1 aromatic heterocycles. The van der Waals surface area contributed by atoms with Crippen molar-refractivity contribution in [1.82, 2.24) is 0 Å². The standard InChI is InChI=1S/C19H21NO8/c1-12(2)6-7-26-18-11-27-14(9-16(18)21)10-28-19(22)13-4-5-17(25-3)15(8-13)20(23)24/h4-5,8-9,11-12H,6-7,10H2,1-3H3. The van der Waals surface area contributed by atoms with Gasteiger partial charge in [0.2, 0.25) is 11.2 Å². The summed E-state index contributed by atoms with van der Waals surface area (Å²) in [5.41, 5.74) is -0.768. The first-order valence-electron chi connectivity index (χ1n) is 8.56. The molecule has 9 nitrogen and oxygen atoms in total. The van der Waals surface area contributed by atoms with Crippen LogP contribution in [0.25, 0.3) is 0 Å². The summed E-state index contributed by atoms with van der Waals surface area (Å²) in [6.07, 6.45) is 1.97. The van der Waals surface area contributed by atoms with Gasteiger partial charge < -0.3 is 18.6 Å². The van der Waals surface area contributed by atoms with Gasteiger partial charge in [-0.1, -0.05) is 13.8 Å². The largest absolute Gasteiger partial charge is 0.490 e. The van der Waals surface area contributed by atoms with Crippen LogP contribution in [0.15, 0.2) is 39.7 Å². The number of nitro benzene ring substituents is 1. The third kappa shape index (κ3) is 5.57. The van der Waals surface area contributed by atoms with E-state index in [0.29, 0.717) is 12.5 Å². The van der Waals surface area contributed by atoms with Crippen LogP contribution in [0.3, 0.4) is 0 Å². The van der Waals surface area contributed by atoms with Crippen molar-refractivity contribution in [3.8, 4) is 11.5 Å². The molecule has 0 bridgehead atoms. The van der Waals surface area contributed by atoms with E-state index in [1.807, 2.05) is 13.8 Å². The van der Waals surface area contributed by atoms with E-state index in [1.165, 1.54) is 31.6 Å². The maximum absolute atomic E-state index is 12.1. The molecule has 0 fully saturated rings. The minimum atomic E-state index is -0.800. The zero-order chi connectivity index (χ0) is 20.7. The van der Waals surface area contributed by atoms with Gasteiger partial charge in [0.1, 0.15) is 18.6 Å². The van der Waals surface area contributed by atoms with E-state index in [9.17, 15) is 19.7 Å². The molecule has 9 heteroatoms. The van der Waals surface area contributed by atoms with Crippen molar-refractivity contribution in [2.45, 2.75) is 26.9 Å². The molecular formula is C19H21NO8. The number of nitrogens with zero attached hydrogens (tertiary/aromatic N) is 1. The molecule has 0 aliphatic carbocycles. The highest BCUT2D eigenvalue weighted by atomic mass is 16.6. The Kier molecular flexibility index (Phi) is 7.14. The van der Waals surface area contributed by atoms with E-state index < -0.39 is 10.9 Å². The highest BCUT2D eigenvalue weighted by Gasteiger charge is 2.19. The molecule has 0 radical (unpaired) electrons. The number of benzene rings is 1. The van der Waals surface area contributed by atoms with Gasteiger partial charge in [0, 0.05) is 12.1 Å². The SMILES string of the molecule is COc1ccc(C(=O)OCc2cc(=O)c(OCCC(C)C)co2)cc1[N+](=O)[O-]. The van der Waals surface area contributed by atoms with Gasteiger partial charge in [-0.25, -0.2) is 4.79 Å². The molecule has 150 valence electrons. The lowest BCUT2D eigenvalue weighted by Gasteiger charge is -2.08. The summed E-state index contributed by atoms with van der Waals surface area (Å²) in [6, 6.07) is 4.88. The Morgan fingerprint density at radius 2 is 2.00 bits per heavy atom. The summed E-state index contributed by atoms with van der Waals surface area (Å²) >= 11 is 0. The summed E-state index contributed by atoms with van der Waals surface area (Å²) in [7, 11) is 1.29. The zero-order valence-corrected chi connectivity index (χ0v) is 15.8. The molecule has 0 unspecified atom stereocenters. The molecule has 2 rings (SSSR count). The second kappa shape index (κ2) is 9.54. The highest BCUT2D eigenvalue weighted by molar-refractivity contribution is 5.90. The van der Waals surface area contributed by atoms with Crippen LogP contribution in [0.2, 0.25) is 0 Å². The lowest BCUT2D eigenvalue weighted by atomic mass is 10.1. The van der Waals surface area contributed by atoms with Crippen LogP contribution in [0.4, 0.5) is 5.69 Å². The summed E-state index contributed by atoms with van der Waals surface area (Å²) in [5, 5.41) is 11.0. The Balaban J connectivity index is 2.01. The van der Waals surface area contributed by atoms with E-state index in [2.05, 4.69) is 0 Å². The molecule has 2 aromatic rings. The molecule has 0 spiro atoms. The number of esters is 1. The fourth-order valence-electron chi connectivity index (χ4n) is 2.20. The molecular weight excluding hydrogens is 370 g/mol. The molecule has 28 heavy (non-hydrogen) atoms. The molecule has 1 heterocycles. The molecule has 0 N–H and O–H groups in total. The maximum atomic E-state index is 12.1. The van der Waals surface area contributed by atoms with Crippen molar-refractivity contribution in [3.63, 3.8) is 0 Å². The Morgan fingerprint density at radius 1 is 1.25 bits per heavy atom. The first-order chi connectivity index (χ1) is 13.3. The lowest BCUT2D eigenvalue weighted by molar-refractivity contribution is -0.385. The number of carbonyl (C=O) groups is 1. The van der Waals surface area contributed by atoms with Crippen LogP contribution >= 0.6 is 0 Å². The number of hydrogen-bond acceptors (Lipinski definition) is 8. The van der Waals surface area contributed by atoms with Crippen molar-refractivity contribution >= 4 is 11.7 Å². The summed E-state index contributed by atoms with van der Waals surface area (Å²) in [5.74, 6) is -0.121. The molecule has 0 aliphatic rings. The summed E-state index contributed by atoms with van der Waals surface area (Å²) in [4.78, 5) is 34.5. The number of ether oxygens (including phenoxy) is 3. The van der Waals surface area contributed by atoms with Gasteiger partial charge in [-0.2, -0.15) is 0 Å². The monoisotopic (exact) mass is 391 g/mol. The third-order valence-electron chi connectivity index (χ3n) is 3.76. The number of carbonyl (C=O) groups excluding carboxylic acids is 1. The normalized spacial score (nSPS) is 10.6. The second-order valence-electron chi connectivity index (χ2n) is 6.33. The van der Waals surface area contributed by atoms with Crippen LogP contribution in [-0.2, 0) is 11.3 Å². The molecule has 0 saturated carbocycles. The van der Waals surface area contributed by atoms with Gasteiger partial charge >= 0.3 is 11.7 Å². The minimum absolute atomic E-state index is 0.0246. The van der Waals surface area contributed by atoms with Crippen molar-refractivity contribution in [1.29, 1.82) is 0 Å². The second-order valence-corrected chi connectivity index (χ2v) is 6.33. The van der Waals surface area contributed by atoms with Crippen LogP contribution in [0.5, 0.6) is 11.5 Å². The fourth-order valence-corrected chi connectivity index (χ4v) is 2.20. The van der Waals surface area contributed by atoms with Crippen molar-refractivity contribution < 1.29 is 28.3 Å². The van der Waals surface area contributed by atoms with E-state index >= 15 is 0 Å².